The van der Waals surface area contributed by atoms with Crippen molar-refractivity contribution in [2.75, 3.05) is 20.1 Å². The molecule has 6 heteroatoms. The molecule has 1 aromatic carbocycles. The Hall–Kier alpha value is -1.95. The standard InChI is InChI=1S/C18H28FN3O2/c1-13(22(5)12-16(23)21-18(2,3)4)17(24)20-11-10-14-6-8-15(19)9-7-14/h6-9,13H,10-12H2,1-5H3,(H,20,24)(H,21,23)/p+1/t13-/m0/s1. The summed E-state index contributed by atoms with van der Waals surface area (Å²) < 4.78 is 12.8. The molecule has 0 fully saturated rings. The Labute approximate surface area is 143 Å². The lowest BCUT2D eigenvalue weighted by Gasteiger charge is -2.24. The quantitative estimate of drug-likeness (QED) is 0.670. The Morgan fingerprint density at radius 2 is 1.79 bits per heavy atom. The van der Waals surface area contributed by atoms with E-state index in [-0.39, 0.29) is 35.8 Å². The highest BCUT2D eigenvalue weighted by Crippen LogP contribution is 2.02. The van der Waals surface area contributed by atoms with Crippen LogP contribution in [0.25, 0.3) is 0 Å². The van der Waals surface area contributed by atoms with Crippen LogP contribution in [0.3, 0.4) is 0 Å². The van der Waals surface area contributed by atoms with E-state index in [4.69, 9.17) is 0 Å². The third kappa shape index (κ3) is 7.55. The minimum atomic E-state index is -0.330. The first-order valence-corrected chi connectivity index (χ1v) is 8.24. The van der Waals surface area contributed by atoms with Gasteiger partial charge in [0.1, 0.15) is 5.82 Å². The van der Waals surface area contributed by atoms with Crippen molar-refractivity contribution >= 4 is 11.8 Å². The van der Waals surface area contributed by atoms with Crippen LogP contribution in [0.4, 0.5) is 4.39 Å². The summed E-state index contributed by atoms with van der Waals surface area (Å²) in [6.07, 6.45) is 0.641. The molecule has 0 radical (unpaired) electrons. The molecule has 3 N–H and O–H groups in total. The van der Waals surface area contributed by atoms with Gasteiger partial charge >= 0.3 is 0 Å². The van der Waals surface area contributed by atoms with Crippen LogP contribution in [0.2, 0.25) is 0 Å². The first-order chi connectivity index (χ1) is 11.1. The lowest BCUT2D eigenvalue weighted by molar-refractivity contribution is -0.886. The number of hydrogen-bond acceptors (Lipinski definition) is 2. The molecule has 0 bridgehead atoms. The highest BCUT2D eigenvalue weighted by Gasteiger charge is 2.25. The second kappa shape index (κ2) is 8.78. The van der Waals surface area contributed by atoms with Crippen molar-refractivity contribution < 1.29 is 18.9 Å². The smallest absolute Gasteiger partial charge is 0.278 e. The third-order valence-electron chi connectivity index (χ3n) is 3.71. The molecule has 0 spiro atoms. The zero-order valence-electron chi connectivity index (χ0n) is 15.2. The predicted octanol–water partition coefficient (Wildman–Crippen LogP) is 0.302. The zero-order valence-corrected chi connectivity index (χ0v) is 15.2. The Morgan fingerprint density at radius 1 is 1.21 bits per heavy atom. The Kier molecular flexibility index (Phi) is 7.35. The van der Waals surface area contributed by atoms with E-state index in [0.29, 0.717) is 13.0 Å². The predicted molar refractivity (Wildman–Crippen MR) is 92.2 cm³/mol. The Bertz CT molecular complexity index is 552. The topological polar surface area (TPSA) is 62.6 Å². The van der Waals surface area contributed by atoms with E-state index >= 15 is 0 Å². The number of amides is 2. The fourth-order valence-corrected chi connectivity index (χ4v) is 2.23. The molecule has 0 heterocycles. The van der Waals surface area contributed by atoms with Gasteiger partial charge in [0.15, 0.2) is 12.6 Å². The van der Waals surface area contributed by atoms with Gasteiger partial charge in [-0.15, -0.1) is 0 Å². The van der Waals surface area contributed by atoms with Crippen molar-refractivity contribution in [3.05, 3.63) is 35.6 Å². The molecular formula is C18H29FN3O2+. The van der Waals surface area contributed by atoms with Crippen LogP contribution in [-0.2, 0) is 16.0 Å². The maximum absolute atomic E-state index is 12.8. The zero-order chi connectivity index (χ0) is 18.3. The van der Waals surface area contributed by atoms with Crippen LogP contribution in [0.1, 0.15) is 33.3 Å². The number of nitrogens with one attached hydrogen (secondary N) is 3. The van der Waals surface area contributed by atoms with Crippen LogP contribution >= 0.6 is 0 Å². The minimum absolute atomic E-state index is 0.0778. The van der Waals surface area contributed by atoms with Crippen LogP contribution in [-0.4, -0.2) is 43.5 Å². The van der Waals surface area contributed by atoms with Gasteiger partial charge in [0.05, 0.1) is 7.05 Å². The summed E-state index contributed by atoms with van der Waals surface area (Å²) >= 11 is 0. The maximum Gasteiger partial charge on any atom is 0.278 e. The van der Waals surface area contributed by atoms with Crippen molar-refractivity contribution in [2.45, 2.75) is 45.7 Å². The molecule has 0 aromatic heterocycles. The summed E-state index contributed by atoms with van der Waals surface area (Å²) in [4.78, 5) is 24.9. The van der Waals surface area contributed by atoms with Crippen molar-refractivity contribution in [1.82, 2.24) is 10.6 Å². The van der Waals surface area contributed by atoms with E-state index in [1.165, 1.54) is 12.1 Å². The van der Waals surface area contributed by atoms with E-state index in [1.807, 2.05) is 27.8 Å². The largest absolute Gasteiger partial charge is 0.351 e. The molecule has 2 atom stereocenters. The van der Waals surface area contributed by atoms with Gasteiger partial charge < -0.3 is 15.5 Å². The number of rotatable bonds is 7. The van der Waals surface area contributed by atoms with Gasteiger partial charge in [0, 0.05) is 12.1 Å². The number of benzene rings is 1. The average Bonchev–Trinajstić information content (AvgIpc) is 2.46. The first kappa shape index (κ1) is 20.1. The molecule has 1 unspecified atom stereocenters. The van der Waals surface area contributed by atoms with Crippen molar-refractivity contribution in [3.63, 3.8) is 0 Å². The Morgan fingerprint density at radius 3 is 2.33 bits per heavy atom. The van der Waals surface area contributed by atoms with E-state index in [1.54, 1.807) is 19.1 Å². The number of likely N-dealkylation sites (N-methyl/N-ethyl adjacent to an activating group) is 1. The molecule has 5 nitrogen and oxygen atoms in total. The lowest BCUT2D eigenvalue weighted by Crippen LogP contribution is -3.15. The summed E-state index contributed by atoms with van der Waals surface area (Å²) in [6.45, 7) is 8.29. The molecule has 0 aliphatic rings. The first-order valence-electron chi connectivity index (χ1n) is 8.24. The molecule has 134 valence electrons. The van der Waals surface area contributed by atoms with Gasteiger partial charge in [-0.05, 0) is 51.8 Å². The maximum atomic E-state index is 12.8. The van der Waals surface area contributed by atoms with E-state index < -0.39 is 0 Å². The van der Waals surface area contributed by atoms with Crippen LogP contribution in [0.15, 0.2) is 24.3 Å². The fraction of sp³-hybridized carbons (Fsp3) is 0.556. The highest BCUT2D eigenvalue weighted by atomic mass is 19.1. The van der Waals surface area contributed by atoms with Crippen LogP contribution < -0.4 is 15.5 Å². The number of halogens is 1. The van der Waals surface area contributed by atoms with Crippen molar-refractivity contribution in [1.29, 1.82) is 0 Å². The lowest BCUT2D eigenvalue weighted by atomic mass is 10.1. The third-order valence-corrected chi connectivity index (χ3v) is 3.71. The molecule has 2 amide bonds. The van der Waals surface area contributed by atoms with Gasteiger partial charge in [0.25, 0.3) is 11.8 Å². The van der Waals surface area contributed by atoms with Gasteiger partial charge in [-0.2, -0.15) is 0 Å². The van der Waals surface area contributed by atoms with E-state index in [0.717, 1.165) is 10.5 Å². The van der Waals surface area contributed by atoms with Crippen LogP contribution in [0, 0.1) is 5.82 Å². The number of carbonyl (C=O) groups is 2. The average molecular weight is 338 g/mol. The van der Waals surface area contributed by atoms with Crippen LogP contribution in [0.5, 0.6) is 0 Å². The van der Waals surface area contributed by atoms with Crippen molar-refractivity contribution in [3.8, 4) is 0 Å². The summed E-state index contributed by atoms with van der Waals surface area (Å²) in [6, 6.07) is 5.90. The SMILES string of the molecule is C[C@@H](C(=O)NCCc1ccc(F)cc1)[NH+](C)CC(=O)NC(C)(C)C. The summed E-state index contributed by atoms with van der Waals surface area (Å²) in [5, 5.41) is 5.75. The monoisotopic (exact) mass is 338 g/mol. The molecule has 0 aliphatic heterocycles. The number of carbonyl (C=O) groups excluding carboxylic acids is 2. The van der Waals surface area contributed by atoms with Gasteiger partial charge in [-0.3, -0.25) is 9.59 Å². The molecule has 0 saturated heterocycles. The van der Waals surface area contributed by atoms with E-state index in [2.05, 4.69) is 10.6 Å². The molecule has 1 aromatic rings. The summed E-state index contributed by atoms with van der Waals surface area (Å²) in [7, 11) is 1.83. The fourth-order valence-electron chi connectivity index (χ4n) is 2.23. The molecule has 0 saturated carbocycles. The molecular weight excluding hydrogens is 309 g/mol. The molecule has 24 heavy (non-hydrogen) atoms. The van der Waals surface area contributed by atoms with Gasteiger partial charge in [0.2, 0.25) is 0 Å². The number of quaternary nitrogens is 1. The molecule has 0 aliphatic carbocycles. The minimum Gasteiger partial charge on any atom is -0.351 e. The Balaban J connectivity index is 2.37. The second-order valence-corrected chi connectivity index (χ2v) is 7.21. The van der Waals surface area contributed by atoms with Gasteiger partial charge in [-0.1, -0.05) is 12.1 Å². The summed E-state index contributed by atoms with van der Waals surface area (Å²) in [5.41, 5.74) is 0.687. The van der Waals surface area contributed by atoms with E-state index in [9.17, 15) is 14.0 Å². The normalized spacial score (nSPS) is 13.9. The summed E-state index contributed by atoms with van der Waals surface area (Å²) in [5.74, 6) is -0.445. The highest BCUT2D eigenvalue weighted by molar-refractivity contribution is 5.81. The molecule has 1 rings (SSSR count). The second-order valence-electron chi connectivity index (χ2n) is 7.21. The van der Waals surface area contributed by atoms with Crippen molar-refractivity contribution in [2.24, 2.45) is 0 Å². The van der Waals surface area contributed by atoms with Gasteiger partial charge in [-0.25, -0.2) is 4.39 Å². The number of hydrogen-bond donors (Lipinski definition) is 3.